The molecule has 0 spiro atoms. The van der Waals surface area contributed by atoms with E-state index in [2.05, 4.69) is 14.9 Å². The zero-order chi connectivity index (χ0) is 20.7. The van der Waals surface area contributed by atoms with Crippen LogP contribution in [0.4, 0.5) is 19.1 Å². The van der Waals surface area contributed by atoms with E-state index in [1.807, 2.05) is 23.1 Å². The van der Waals surface area contributed by atoms with Crippen LogP contribution in [-0.2, 0) is 12.7 Å². The molecule has 1 aromatic carbocycles. The standard InChI is InChI=1S/C21H23F3N4O2/c22-21(23,24)19-5-7-25-20(26-19)28(15-2-3-15)16-6-8-27(13-16)12-14-1-4-17-18(11-14)30-10-9-29-17/h1,4-5,7,11,15-16H,2-3,6,8-10,12-13H2. The van der Waals surface area contributed by atoms with Crippen molar-refractivity contribution >= 4 is 5.95 Å². The van der Waals surface area contributed by atoms with E-state index in [1.165, 1.54) is 6.20 Å². The highest BCUT2D eigenvalue weighted by Gasteiger charge is 2.40. The first kappa shape index (κ1) is 19.4. The number of aromatic nitrogens is 2. The van der Waals surface area contributed by atoms with E-state index in [9.17, 15) is 13.2 Å². The Kier molecular flexibility index (Phi) is 4.92. The predicted octanol–water partition coefficient (Wildman–Crippen LogP) is 3.51. The molecule has 2 aromatic rings. The number of fused-ring (bicyclic) bond motifs is 1. The first-order valence-electron chi connectivity index (χ1n) is 10.3. The summed E-state index contributed by atoms with van der Waals surface area (Å²) in [6.07, 6.45) is -0.438. The number of alkyl halides is 3. The highest BCUT2D eigenvalue weighted by molar-refractivity contribution is 5.44. The second-order valence-electron chi connectivity index (χ2n) is 8.03. The Balaban J connectivity index is 1.29. The van der Waals surface area contributed by atoms with Crippen molar-refractivity contribution in [1.29, 1.82) is 0 Å². The maximum atomic E-state index is 13.1. The van der Waals surface area contributed by atoms with E-state index in [4.69, 9.17) is 9.47 Å². The van der Waals surface area contributed by atoms with Gasteiger partial charge in [-0.25, -0.2) is 9.97 Å². The molecule has 1 unspecified atom stereocenters. The van der Waals surface area contributed by atoms with Crippen LogP contribution in [0.25, 0.3) is 0 Å². The lowest BCUT2D eigenvalue weighted by Gasteiger charge is -2.29. The molecular formula is C21H23F3N4O2. The third-order valence-corrected chi connectivity index (χ3v) is 5.76. The van der Waals surface area contributed by atoms with E-state index in [0.29, 0.717) is 13.2 Å². The summed E-state index contributed by atoms with van der Waals surface area (Å²) in [7, 11) is 0. The minimum atomic E-state index is -4.47. The molecule has 0 N–H and O–H groups in total. The van der Waals surface area contributed by atoms with Crippen LogP contribution < -0.4 is 14.4 Å². The molecule has 1 saturated heterocycles. The Bertz CT molecular complexity index is 919. The highest BCUT2D eigenvalue weighted by atomic mass is 19.4. The van der Waals surface area contributed by atoms with Crippen LogP contribution in [0, 0.1) is 0 Å². The van der Waals surface area contributed by atoms with Crippen molar-refractivity contribution in [2.75, 3.05) is 31.2 Å². The SMILES string of the molecule is FC(F)(F)c1ccnc(N(C2CC2)C2CCN(Cc3ccc4c(c3)OCCO4)C2)n1. The molecule has 30 heavy (non-hydrogen) atoms. The molecule has 6 nitrogen and oxygen atoms in total. The van der Waals surface area contributed by atoms with Gasteiger partial charge in [-0.05, 0) is 43.0 Å². The van der Waals surface area contributed by atoms with Gasteiger partial charge in [0.05, 0.1) is 0 Å². The number of benzene rings is 1. The lowest BCUT2D eigenvalue weighted by Crippen LogP contribution is -2.40. The van der Waals surface area contributed by atoms with Gasteiger partial charge in [0.2, 0.25) is 5.95 Å². The van der Waals surface area contributed by atoms with Crippen molar-refractivity contribution in [3.8, 4) is 11.5 Å². The van der Waals surface area contributed by atoms with E-state index in [-0.39, 0.29) is 18.0 Å². The van der Waals surface area contributed by atoms with Crippen molar-refractivity contribution < 1.29 is 22.6 Å². The minimum Gasteiger partial charge on any atom is -0.486 e. The molecule has 9 heteroatoms. The molecule has 1 aliphatic carbocycles. The third-order valence-electron chi connectivity index (χ3n) is 5.76. The third kappa shape index (κ3) is 4.03. The number of hydrogen-bond donors (Lipinski definition) is 0. The average molecular weight is 420 g/mol. The van der Waals surface area contributed by atoms with Crippen LogP contribution in [0.15, 0.2) is 30.5 Å². The summed E-state index contributed by atoms with van der Waals surface area (Å²) < 4.78 is 50.6. The first-order valence-corrected chi connectivity index (χ1v) is 10.3. The maximum absolute atomic E-state index is 13.1. The van der Waals surface area contributed by atoms with Crippen molar-refractivity contribution in [3.05, 3.63) is 41.7 Å². The number of ether oxygens (including phenoxy) is 2. The molecule has 0 bridgehead atoms. The van der Waals surface area contributed by atoms with Crippen molar-refractivity contribution in [2.45, 2.75) is 44.1 Å². The largest absolute Gasteiger partial charge is 0.486 e. The number of anilines is 1. The number of likely N-dealkylation sites (tertiary alicyclic amines) is 1. The molecule has 0 amide bonds. The van der Waals surface area contributed by atoms with Gasteiger partial charge in [-0.3, -0.25) is 4.90 Å². The molecule has 3 heterocycles. The molecule has 160 valence electrons. The van der Waals surface area contributed by atoms with E-state index in [0.717, 1.165) is 62.0 Å². The first-order chi connectivity index (χ1) is 14.5. The van der Waals surface area contributed by atoms with Crippen molar-refractivity contribution in [1.82, 2.24) is 14.9 Å². The fourth-order valence-electron chi connectivity index (χ4n) is 4.24. The summed E-state index contributed by atoms with van der Waals surface area (Å²) in [6, 6.07) is 7.25. The van der Waals surface area contributed by atoms with Crippen LogP contribution in [0.1, 0.15) is 30.5 Å². The van der Waals surface area contributed by atoms with Gasteiger partial charge in [0.1, 0.15) is 18.9 Å². The Hall–Kier alpha value is -2.55. The van der Waals surface area contributed by atoms with Gasteiger partial charge in [-0.1, -0.05) is 6.07 Å². The molecule has 1 aromatic heterocycles. The predicted molar refractivity (Wildman–Crippen MR) is 104 cm³/mol. The number of hydrogen-bond acceptors (Lipinski definition) is 6. The summed E-state index contributed by atoms with van der Waals surface area (Å²) in [5.41, 5.74) is 0.248. The summed E-state index contributed by atoms with van der Waals surface area (Å²) in [4.78, 5) is 12.4. The van der Waals surface area contributed by atoms with Crippen LogP contribution in [0.2, 0.25) is 0 Å². The van der Waals surface area contributed by atoms with Gasteiger partial charge in [0.15, 0.2) is 11.5 Å². The summed E-state index contributed by atoms with van der Waals surface area (Å²) in [5.74, 6) is 1.73. The quantitative estimate of drug-likeness (QED) is 0.738. The van der Waals surface area contributed by atoms with Crippen LogP contribution in [-0.4, -0.2) is 53.3 Å². The molecule has 5 rings (SSSR count). The van der Waals surface area contributed by atoms with E-state index < -0.39 is 11.9 Å². The van der Waals surface area contributed by atoms with Gasteiger partial charge in [-0.2, -0.15) is 13.2 Å². The fraction of sp³-hybridized carbons (Fsp3) is 0.524. The molecular weight excluding hydrogens is 397 g/mol. The molecule has 1 saturated carbocycles. The lowest BCUT2D eigenvalue weighted by atomic mass is 10.2. The molecule has 2 fully saturated rings. The van der Waals surface area contributed by atoms with Crippen molar-refractivity contribution in [3.63, 3.8) is 0 Å². The average Bonchev–Trinajstić information content (AvgIpc) is 3.46. The van der Waals surface area contributed by atoms with Crippen LogP contribution in [0.3, 0.4) is 0 Å². The minimum absolute atomic E-state index is 0.109. The molecule has 1 atom stereocenters. The fourth-order valence-corrected chi connectivity index (χ4v) is 4.24. The Morgan fingerprint density at radius 2 is 1.83 bits per heavy atom. The Morgan fingerprint density at radius 3 is 2.60 bits per heavy atom. The topological polar surface area (TPSA) is 50.7 Å². The van der Waals surface area contributed by atoms with Gasteiger partial charge in [0, 0.05) is 37.9 Å². The summed E-state index contributed by atoms with van der Waals surface area (Å²) in [5, 5.41) is 0. The molecule has 2 aliphatic heterocycles. The molecule has 3 aliphatic rings. The Morgan fingerprint density at radius 1 is 1.03 bits per heavy atom. The second-order valence-corrected chi connectivity index (χ2v) is 8.03. The zero-order valence-electron chi connectivity index (χ0n) is 16.4. The summed E-state index contributed by atoms with van der Waals surface area (Å²) >= 11 is 0. The van der Waals surface area contributed by atoms with Gasteiger partial charge in [-0.15, -0.1) is 0 Å². The highest BCUT2D eigenvalue weighted by Crippen LogP contribution is 2.36. The second kappa shape index (κ2) is 7.61. The van der Waals surface area contributed by atoms with Crippen molar-refractivity contribution in [2.24, 2.45) is 0 Å². The summed E-state index contributed by atoms with van der Waals surface area (Å²) in [6.45, 7) is 3.52. The lowest BCUT2D eigenvalue weighted by molar-refractivity contribution is -0.141. The normalized spacial score (nSPS) is 21.6. The number of nitrogens with zero attached hydrogens (tertiary/aromatic N) is 4. The van der Waals surface area contributed by atoms with Gasteiger partial charge in [0.25, 0.3) is 0 Å². The monoisotopic (exact) mass is 420 g/mol. The smallest absolute Gasteiger partial charge is 0.433 e. The Labute approximate surface area is 172 Å². The molecule has 0 radical (unpaired) electrons. The maximum Gasteiger partial charge on any atom is 0.433 e. The van der Waals surface area contributed by atoms with Gasteiger partial charge < -0.3 is 14.4 Å². The van der Waals surface area contributed by atoms with Crippen LogP contribution >= 0.6 is 0 Å². The van der Waals surface area contributed by atoms with Gasteiger partial charge >= 0.3 is 6.18 Å². The van der Waals surface area contributed by atoms with Crippen LogP contribution in [0.5, 0.6) is 11.5 Å². The van der Waals surface area contributed by atoms with E-state index in [1.54, 1.807) is 0 Å². The number of halogens is 3. The van der Waals surface area contributed by atoms with E-state index >= 15 is 0 Å². The number of rotatable bonds is 5. The zero-order valence-corrected chi connectivity index (χ0v) is 16.4.